The van der Waals surface area contributed by atoms with Crippen LogP contribution in [0.5, 0.6) is 5.88 Å². The van der Waals surface area contributed by atoms with Crippen LogP contribution in [0.3, 0.4) is 0 Å². The van der Waals surface area contributed by atoms with Crippen LogP contribution in [0.2, 0.25) is 0 Å². The molecule has 3 heterocycles. The number of nitrogens with two attached hydrogens (primary N) is 1. The molecule has 0 saturated carbocycles. The number of benzene rings is 2. The van der Waals surface area contributed by atoms with Crippen molar-refractivity contribution in [3.8, 4) is 17.0 Å². The normalized spacial score (nSPS) is 13.1. The Morgan fingerprint density at radius 3 is 2.69 bits per heavy atom. The molecule has 186 valence electrons. The van der Waals surface area contributed by atoms with Gasteiger partial charge in [0.2, 0.25) is 11.8 Å². The lowest BCUT2D eigenvalue weighted by Gasteiger charge is -2.22. The molecule has 36 heavy (non-hydrogen) atoms. The second-order valence-electron chi connectivity index (χ2n) is 8.53. The molecule has 0 fully saturated rings. The van der Waals surface area contributed by atoms with Crippen molar-refractivity contribution < 1.29 is 17.5 Å². The fraction of sp³-hybridized carbons (Fsp3) is 0.240. The number of ether oxygens (including phenoxy) is 1. The molecule has 0 unspecified atom stereocenters. The van der Waals surface area contributed by atoms with E-state index in [-0.39, 0.29) is 22.8 Å². The third kappa shape index (κ3) is 4.49. The van der Waals surface area contributed by atoms with Crippen LogP contribution in [0, 0.1) is 12.7 Å². The Bertz CT molecular complexity index is 1580. The topological polar surface area (TPSA) is 132 Å². The van der Waals surface area contributed by atoms with Gasteiger partial charge in [-0.2, -0.15) is 0 Å². The van der Waals surface area contributed by atoms with Crippen LogP contribution < -0.4 is 21.1 Å². The molecule has 9 nitrogen and oxygen atoms in total. The van der Waals surface area contributed by atoms with Crippen LogP contribution in [0.15, 0.2) is 42.7 Å². The van der Waals surface area contributed by atoms with E-state index in [9.17, 15) is 8.42 Å². The maximum absolute atomic E-state index is 15.3. The van der Waals surface area contributed by atoms with E-state index in [0.29, 0.717) is 52.7 Å². The van der Waals surface area contributed by atoms with Crippen molar-refractivity contribution in [1.82, 2.24) is 15.0 Å². The molecule has 0 bridgehead atoms. The largest absolute Gasteiger partial charge is 0.474 e. The summed E-state index contributed by atoms with van der Waals surface area (Å²) in [7, 11) is -3.11. The summed E-state index contributed by atoms with van der Waals surface area (Å²) >= 11 is 0. The van der Waals surface area contributed by atoms with E-state index in [1.165, 1.54) is 6.20 Å². The highest BCUT2D eigenvalue weighted by molar-refractivity contribution is 7.90. The minimum Gasteiger partial charge on any atom is -0.474 e. The Balaban J connectivity index is 1.48. The molecular formula is C25H25FN6O3S. The average Bonchev–Trinajstić information content (AvgIpc) is 2.88. The molecule has 0 atom stereocenters. The van der Waals surface area contributed by atoms with Crippen LogP contribution in [-0.4, -0.2) is 42.3 Å². The fourth-order valence-electron chi connectivity index (χ4n) is 4.09. The molecule has 2 aromatic carbocycles. The number of hydrogen-bond acceptors (Lipinski definition) is 9. The highest BCUT2D eigenvalue weighted by Gasteiger charge is 2.21. The first-order chi connectivity index (χ1) is 17.3. The summed E-state index contributed by atoms with van der Waals surface area (Å²) < 4.78 is 44.6. The van der Waals surface area contributed by atoms with Crippen molar-refractivity contribution in [3.63, 3.8) is 0 Å². The number of sulfone groups is 1. The van der Waals surface area contributed by atoms with Gasteiger partial charge < -0.3 is 21.1 Å². The SMILES string of the molecule is CCS(=O)(=O)Cc1ccc(Nc2ncc3c(N)c(F)c(-c4cnc5c(c4C)NCCO5)cc3n2)cc1. The molecule has 0 radical (unpaired) electrons. The lowest BCUT2D eigenvalue weighted by molar-refractivity contribution is 0.310. The summed E-state index contributed by atoms with van der Waals surface area (Å²) in [5, 5.41) is 6.75. The number of anilines is 4. The first-order valence-corrected chi connectivity index (χ1v) is 13.3. The van der Waals surface area contributed by atoms with Gasteiger partial charge in [-0.3, -0.25) is 0 Å². The second kappa shape index (κ2) is 9.23. The third-order valence-electron chi connectivity index (χ3n) is 6.14. The quantitative estimate of drug-likeness (QED) is 0.328. The van der Waals surface area contributed by atoms with Gasteiger partial charge in [0.25, 0.3) is 0 Å². The van der Waals surface area contributed by atoms with Gasteiger partial charge in [-0.15, -0.1) is 0 Å². The molecular weight excluding hydrogens is 483 g/mol. The zero-order chi connectivity index (χ0) is 25.4. The van der Waals surface area contributed by atoms with E-state index in [1.807, 2.05) is 6.92 Å². The number of rotatable bonds is 6. The number of nitrogens with one attached hydrogen (secondary N) is 2. The monoisotopic (exact) mass is 508 g/mol. The average molecular weight is 509 g/mol. The number of nitrogens with zero attached hydrogens (tertiary/aromatic N) is 3. The molecule has 4 N–H and O–H groups in total. The summed E-state index contributed by atoms with van der Waals surface area (Å²) in [6.07, 6.45) is 3.05. The predicted molar refractivity (Wildman–Crippen MR) is 139 cm³/mol. The van der Waals surface area contributed by atoms with Gasteiger partial charge in [-0.1, -0.05) is 19.1 Å². The van der Waals surface area contributed by atoms with Crippen LogP contribution in [0.4, 0.5) is 27.4 Å². The van der Waals surface area contributed by atoms with E-state index in [2.05, 4.69) is 25.6 Å². The Morgan fingerprint density at radius 1 is 1.17 bits per heavy atom. The minimum atomic E-state index is -3.11. The molecule has 1 aliphatic rings. The van der Waals surface area contributed by atoms with Gasteiger partial charge in [0.05, 0.1) is 17.0 Å². The van der Waals surface area contributed by atoms with Crippen molar-refractivity contribution in [2.75, 3.05) is 35.3 Å². The summed E-state index contributed by atoms with van der Waals surface area (Å²) in [4.78, 5) is 13.2. The highest BCUT2D eigenvalue weighted by atomic mass is 32.2. The fourth-order valence-corrected chi connectivity index (χ4v) is 5.00. The zero-order valence-electron chi connectivity index (χ0n) is 19.8. The van der Waals surface area contributed by atoms with E-state index in [4.69, 9.17) is 10.5 Å². The van der Waals surface area contributed by atoms with Gasteiger partial charge in [0.15, 0.2) is 15.7 Å². The molecule has 2 aromatic heterocycles. The van der Waals surface area contributed by atoms with Gasteiger partial charge in [0.1, 0.15) is 12.3 Å². The van der Waals surface area contributed by atoms with Crippen molar-refractivity contribution in [2.24, 2.45) is 0 Å². The first kappa shape index (κ1) is 23.7. The number of aromatic nitrogens is 3. The predicted octanol–water partition coefficient (Wildman–Crippen LogP) is 4.20. The molecule has 0 amide bonds. The number of pyridine rings is 1. The highest BCUT2D eigenvalue weighted by Crippen LogP contribution is 2.39. The Kier molecular flexibility index (Phi) is 6.09. The van der Waals surface area contributed by atoms with Crippen LogP contribution in [0.25, 0.3) is 22.0 Å². The van der Waals surface area contributed by atoms with Gasteiger partial charge >= 0.3 is 0 Å². The number of fused-ring (bicyclic) bond motifs is 2. The number of halogens is 1. The van der Waals surface area contributed by atoms with E-state index >= 15 is 4.39 Å². The maximum atomic E-state index is 15.3. The molecule has 1 aliphatic heterocycles. The van der Waals surface area contributed by atoms with E-state index in [0.717, 1.165) is 11.3 Å². The third-order valence-corrected chi connectivity index (χ3v) is 7.79. The molecule has 5 rings (SSSR count). The Morgan fingerprint density at radius 2 is 1.94 bits per heavy atom. The maximum Gasteiger partial charge on any atom is 0.237 e. The van der Waals surface area contributed by atoms with Gasteiger partial charge in [-0.25, -0.2) is 27.8 Å². The van der Waals surface area contributed by atoms with Crippen molar-refractivity contribution >= 4 is 43.8 Å². The molecule has 4 aromatic rings. The van der Waals surface area contributed by atoms with Crippen molar-refractivity contribution in [2.45, 2.75) is 19.6 Å². The standard InChI is InChI=1S/C25H25FN6O3S/c1-3-36(33,34)13-15-4-6-16(7-5-15)31-25-30-12-19-20(32-25)10-17(21(26)22(19)27)18-11-29-24-23(14(18)2)28-8-9-35-24/h4-7,10-12,28H,3,8-9,13,27H2,1-2H3,(H,30,31,32). The molecule has 0 aliphatic carbocycles. The number of nitrogen functional groups attached to an aromatic ring is 1. The van der Waals surface area contributed by atoms with Gasteiger partial charge in [-0.05, 0) is 36.2 Å². The lowest BCUT2D eigenvalue weighted by atomic mass is 9.98. The van der Waals surface area contributed by atoms with E-state index < -0.39 is 15.7 Å². The zero-order valence-corrected chi connectivity index (χ0v) is 20.6. The molecule has 11 heteroatoms. The van der Waals surface area contributed by atoms with Crippen molar-refractivity contribution in [3.05, 3.63) is 59.7 Å². The Hall–Kier alpha value is -3.99. The summed E-state index contributed by atoms with van der Waals surface area (Å²) in [6.45, 7) is 4.66. The second-order valence-corrected chi connectivity index (χ2v) is 10.9. The summed E-state index contributed by atoms with van der Waals surface area (Å²) in [5.41, 5.74) is 10.3. The van der Waals surface area contributed by atoms with Gasteiger partial charge in [0, 0.05) is 46.9 Å². The van der Waals surface area contributed by atoms with Crippen LogP contribution in [-0.2, 0) is 15.6 Å². The smallest absolute Gasteiger partial charge is 0.237 e. The molecule has 0 saturated heterocycles. The lowest BCUT2D eigenvalue weighted by Crippen LogP contribution is -2.20. The van der Waals surface area contributed by atoms with Crippen LogP contribution in [0.1, 0.15) is 18.1 Å². The summed E-state index contributed by atoms with van der Waals surface area (Å²) in [5.74, 6) is 0.302. The van der Waals surface area contributed by atoms with Crippen LogP contribution >= 0.6 is 0 Å². The summed E-state index contributed by atoms with van der Waals surface area (Å²) in [6, 6.07) is 8.63. The Labute approximate surface area is 207 Å². The minimum absolute atomic E-state index is 0.0114. The van der Waals surface area contributed by atoms with E-state index in [1.54, 1.807) is 43.5 Å². The van der Waals surface area contributed by atoms with Crippen molar-refractivity contribution in [1.29, 1.82) is 0 Å². The molecule has 0 spiro atoms. The number of hydrogen-bond donors (Lipinski definition) is 3. The first-order valence-electron chi connectivity index (χ1n) is 11.4.